The monoisotopic (exact) mass is 234 g/mol. The van der Waals surface area contributed by atoms with Gasteiger partial charge in [0, 0.05) is 11.9 Å². The van der Waals surface area contributed by atoms with Crippen LogP contribution in [0.5, 0.6) is 5.75 Å². The second-order valence-corrected chi connectivity index (χ2v) is 4.48. The molecule has 0 fully saturated rings. The fraction of sp³-hybridized carbons (Fsp3) is 0.250. The molecule has 3 nitrogen and oxygen atoms in total. The summed E-state index contributed by atoms with van der Waals surface area (Å²) in [7, 11) is 0. The van der Waals surface area contributed by atoms with Gasteiger partial charge >= 0.3 is 0 Å². The van der Waals surface area contributed by atoms with Gasteiger partial charge in [-0.1, -0.05) is 17.7 Å². The number of benzene rings is 1. The average molecular weight is 234 g/mol. The zero-order valence-corrected chi connectivity index (χ0v) is 9.96. The first-order chi connectivity index (χ1) is 7.78. The summed E-state index contributed by atoms with van der Waals surface area (Å²) in [6.07, 6.45) is 0. The van der Waals surface area contributed by atoms with Crippen molar-refractivity contribution in [3.63, 3.8) is 0 Å². The van der Waals surface area contributed by atoms with Crippen molar-refractivity contribution >= 4 is 11.3 Å². The number of hydrogen-bond acceptors (Lipinski definition) is 4. The minimum Gasteiger partial charge on any atom is -0.487 e. The molecule has 0 unspecified atom stereocenters. The number of nitrogens with two attached hydrogens (primary N) is 1. The zero-order chi connectivity index (χ0) is 11.4. The highest BCUT2D eigenvalue weighted by molar-refractivity contribution is 7.09. The number of aromatic nitrogens is 1. The molecule has 0 amide bonds. The summed E-state index contributed by atoms with van der Waals surface area (Å²) < 4.78 is 5.61. The molecule has 1 aromatic carbocycles. The highest BCUT2D eigenvalue weighted by Gasteiger charge is 2.01. The highest BCUT2D eigenvalue weighted by Crippen LogP contribution is 2.15. The van der Waals surface area contributed by atoms with Crippen molar-refractivity contribution in [3.05, 3.63) is 45.9 Å². The van der Waals surface area contributed by atoms with Gasteiger partial charge in [0.1, 0.15) is 17.4 Å². The fourth-order valence-corrected chi connectivity index (χ4v) is 1.96. The number of nitrogens with zero attached hydrogens (tertiary/aromatic N) is 1. The fourth-order valence-electron chi connectivity index (χ4n) is 1.30. The van der Waals surface area contributed by atoms with Crippen molar-refractivity contribution in [1.82, 2.24) is 4.98 Å². The molecule has 2 aromatic rings. The van der Waals surface area contributed by atoms with Crippen molar-refractivity contribution in [2.24, 2.45) is 5.73 Å². The van der Waals surface area contributed by atoms with E-state index >= 15 is 0 Å². The second-order valence-electron chi connectivity index (χ2n) is 3.54. The van der Waals surface area contributed by atoms with E-state index in [2.05, 4.69) is 11.9 Å². The van der Waals surface area contributed by atoms with Crippen LogP contribution in [0.25, 0.3) is 0 Å². The average Bonchev–Trinajstić information content (AvgIpc) is 2.76. The van der Waals surface area contributed by atoms with Crippen molar-refractivity contribution < 1.29 is 4.74 Å². The maximum Gasteiger partial charge on any atom is 0.131 e. The van der Waals surface area contributed by atoms with Crippen LogP contribution >= 0.6 is 11.3 Å². The molecule has 0 aliphatic heterocycles. The van der Waals surface area contributed by atoms with Crippen molar-refractivity contribution in [2.45, 2.75) is 20.1 Å². The molecule has 0 saturated heterocycles. The van der Waals surface area contributed by atoms with Crippen LogP contribution in [-0.4, -0.2) is 4.98 Å². The van der Waals surface area contributed by atoms with E-state index in [4.69, 9.17) is 10.5 Å². The predicted octanol–water partition coefficient (Wildman–Crippen LogP) is 2.49. The van der Waals surface area contributed by atoms with Crippen molar-refractivity contribution in [1.29, 1.82) is 0 Å². The third-order valence-corrected chi connectivity index (χ3v) is 3.10. The summed E-state index contributed by atoms with van der Waals surface area (Å²) in [4.78, 5) is 4.33. The highest BCUT2D eigenvalue weighted by atomic mass is 32.1. The Hall–Kier alpha value is -1.39. The SMILES string of the molecule is Cc1ccc(OCc2csc(CN)n2)cc1. The van der Waals surface area contributed by atoms with Crippen LogP contribution in [0.2, 0.25) is 0 Å². The van der Waals surface area contributed by atoms with Crippen LogP contribution < -0.4 is 10.5 Å². The first-order valence-corrected chi connectivity index (χ1v) is 5.98. The lowest BCUT2D eigenvalue weighted by molar-refractivity contribution is 0.302. The van der Waals surface area contributed by atoms with E-state index in [0.717, 1.165) is 16.5 Å². The van der Waals surface area contributed by atoms with Crippen molar-refractivity contribution in [3.8, 4) is 5.75 Å². The largest absolute Gasteiger partial charge is 0.487 e. The molecule has 0 bridgehead atoms. The molecule has 2 rings (SSSR count). The molecule has 0 saturated carbocycles. The Morgan fingerprint density at radius 2 is 2.06 bits per heavy atom. The molecular formula is C12H14N2OS. The van der Waals surface area contributed by atoms with E-state index in [1.54, 1.807) is 11.3 Å². The lowest BCUT2D eigenvalue weighted by atomic mass is 10.2. The second kappa shape index (κ2) is 5.09. The Labute approximate surface area is 98.9 Å². The van der Waals surface area contributed by atoms with Crippen LogP contribution in [-0.2, 0) is 13.2 Å². The summed E-state index contributed by atoms with van der Waals surface area (Å²) in [6, 6.07) is 7.99. The van der Waals surface area contributed by atoms with Crippen LogP contribution in [0.15, 0.2) is 29.6 Å². The van der Waals surface area contributed by atoms with Gasteiger partial charge in [-0.05, 0) is 19.1 Å². The van der Waals surface area contributed by atoms with Gasteiger partial charge in [-0.3, -0.25) is 0 Å². The molecule has 84 valence electrons. The maximum absolute atomic E-state index is 5.61. The lowest BCUT2D eigenvalue weighted by Gasteiger charge is -2.03. The number of rotatable bonds is 4. The maximum atomic E-state index is 5.61. The third kappa shape index (κ3) is 2.81. The number of ether oxygens (including phenoxy) is 1. The van der Waals surface area contributed by atoms with Gasteiger partial charge in [0.05, 0.1) is 5.69 Å². The molecule has 0 atom stereocenters. The third-order valence-electron chi connectivity index (χ3n) is 2.18. The molecular weight excluding hydrogens is 220 g/mol. The first-order valence-electron chi connectivity index (χ1n) is 5.11. The molecule has 2 N–H and O–H groups in total. The van der Waals surface area contributed by atoms with E-state index in [1.807, 2.05) is 29.6 Å². The summed E-state index contributed by atoms with van der Waals surface area (Å²) in [5, 5.41) is 2.93. The quantitative estimate of drug-likeness (QED) is 0.884. The van der Waals surface area contributed by atoms with Crippen molar-refractivity contribution in [2.75, 3.05) is 0 Å². The van der Waals surface area contributed by atoms with E-state index in [9.17, 15) is 0 Å². The molecule has 1 heterocycles. The van der Waals surface area contributed by atoms with Gasteiger partial charge in [0.15, 0.2) is 0 Å². The molecule has 4 heteroatoms. The van der Waals surface area contributed by atoms with E-state index in [-0.39, 0.29) is 0 Å². The Bertz CT molecular complexity index is 450. The number of thiazole rings is 1. The summed E-state index contributed by atoms with van der Waals surface area (Å²) in [6.45, 7) is 3.05. The van der Waals surface area contributed by atoms with Gasteiger partial charge in [-0.2, -0.15) is 0 Å². The predicted molar refractivity (Wildman–Crippen MR) is 65.5 cm³/mol. The van der Waals surface area contributed by atoms with Crippen LogP contribution in [0.1, 0.15) is 16.3 Å². The molecule has 16 heavy (non-hydrogen) atoms. The molecule has 1 aromatic heterocycles. The van der Waals surface area contributed by atoms with Gasteiger partial charge in [-0.15, -0.1) is 11.3 Å². The van der Waals surface area contributed by atoms with Crippen LogP contribution in [0.3, 0.4) is 0 Å². The van der Waals surface area contributed by atoms with Crippen LogP contribution in [0.4, 0.5) is 0 Å². The Morgan fingerprint density at radius 1 is 1.31 bits per heavy atom. The molecule has 0 aliphatic carbocycles. The number of aryl methyl sites for hydroxylation is 1. The zero-order valence-electron chi connectivity index (χ0n) is 9.14. The van der Waals surface area contributed by atoms with Gasteiger partial charge in [0.25, 0.3) is 0 Å². The van der Waals surface area contributed by atoms with E-state index in [0.29, 0.717) is 13.2 Å². The summed E-state index contributed by atoms with van der Waals surface area (Å²) in [5.74, 6) is 0.868. The molecule has 0 aliphatic rings. The van der Waals surface area contributed by atoms with Gasteiger partial charge in [-0.25, -0.2) is 4.98 Å². The summed E-state index contributed by atoms with van der Waals surface area (Å²) >= 11 is 1.57. The number of hydrogen-bond donors (Lipinski definition) is 1. The Morgan fingerprint density at radius 3 is 2.69 bits per heavy atom. The van der Waals surface area contributed by atoms with E-state index in [1.165, 1.54) is 5.56 Å². The van der Waals surface area contributed by atoms with Gasteiger partial charge in [0.2, 0.25) is 0 Å². The Kier molecular flexibility index (Phi) is 3.54. The molecule has 0 spiro atoms. The van der Waals surface area contributed by atoms with E-state index < -0.39 is 0 Å². The minimum atomic E-state index is 0.495. The Balaban J connectivity index is 1.94. The molecule has 0 radical (unpaired) electrons. The lowest BCUT2D eigenvalue weighted by Crippen LogP contribution is -1.98. The first kappa shape index (κ1) is 11.1. The normalized spacial score (nSPS) is 10.4. The smallest absolute Gasteiger partial charge is 0.131 e. The van der Waals surface area contributed by atoms with Crippen LogP contribution in [0, 0.1) is 6.92 Å². The van der Waals surface area contributed by atoms with Gasteiger partial charge < -0.3 is 10.5 Å². The summed E-state index contributed by atoms with van der Waals surface area (Å²) in [5.41, 5.74) is 7.66. The standard InChI is InChI=1S/C12H14N2OS/c1-9-2-4-11(5-3-9)15-7-10-8-16-12(6-13)14-10/h2-5,8H,6-7,13H2,1H3. The topological polar surface area (TPSA) is 48.1 Å². The minimum absolute atomic E-state index is 0.495.